The molecule has 4 aromatic carbocycles. The average molecular weight is 581 g/mol. The Morgan fingerprint density at radius 2 is 1.70 bits per heavy atom. The molecule has 1 heterocycles. The number of fused-ring (bicyclic) bond motifs is 1. The molecule has 1 atom stereocenters. The summed E-state index contributed by atoms with van der Waals surface area (Å²) < 4.78 is 42.0. The normalized spacial score (nSPS) is 13.8. The number of nitrogens with two attached hydrogens (primary N) is 1. The van der Waals surface area contributed by atoms with Gasteiger partial charge in [0.15, 0.2) is 11.5 Å². The Bertz CT molecular complexity index is 1710. The van der Waals surface area contributed by atoms with E-state index in [-0.39, 0.29) is 29.6 Å². The van der Waals surface area contributed by atoms with E-state index in [1.54, 1.807) is 66.7 Å². The summed E-state index contributed by atoms with van der Waals surface area (Å²) in [6.45, 7) is 4.78. The van der Waals surface area contributed by atoms with Gasteiger partial charge in [0.1, 0.15) is 41.3 Å². The van der Waals surface area contributed by atoms with Gasteiger partial charge in [0.25, 0.3) is 0 Å². The van der Waals surface area contributed by atoms with Crippen molar-refractivity contribution in [3.8, 4) is 34.8 Å². The van der Waals surface area contributed by atoms with Gasteiger partial charge in [-0.05, 0) is 73.5 Å². The van der Waals surface area contributed by atoms with Gasteiger partial charge in [-0.25, -0.2) is 9.18 Å². The lowest BCUT2D eigenvalue weighted by Gasteiger charge is -2.27. The van der Waals surface area contributed by atoms with Crippen molar-refractivity contribution in [2.24, 2.45) is 5.73 Å². The van der Waals surface area contributed by atoms with E-state index in [1.807, 2.05) is 19.9 Å². The van der Waals surface area contributed by atoms with E-state index in [9.17, 15) is 14.4 Å². The summed E-state index contributed by atoms with van der Waals surface area (Å²) in [5.74, 6) is 0.620. The molecule has 1 aliphatic rings. The quantitative estimate of drug-likeness (QED) is 0.164. The third-order valence-electron chi connectivity index (χ3n) is 6.69. The van der Waals surface area contributed by atoms with Gasteiger partial charge in [-0.1, -0.05) is 30.3 Å². The number of rotatable bonds is 10. The fraction of sp³-hybridized carbons (Fsp3) is 0.176. The molecule has 0 fully saturated rings. The molecule has 5 rings (SSSR count). The molecule has 0 spiro atoms. The van der Waals surface area contributed by atoms with Crippen molar-refractivity contribution in [2.75, 3.05) is 13.2 Å². The predicted molar refractivity (Wildman–Crippen MR) is 157 cm³/mol. The molecule has 0 radical (unpaired) electrons. The molecule has 43 heavy (non-hydrogen) atoms. The number of hydrogen-bond acceptors (Lipinski definition) is 8. The van der Waals surface area contributed by atoms with Crippen molar-refractivity contribution in [2.45, 2.75) is 26.4 Å². The van der Waals surface area contributed by atoms with E-state index in [0.717, 1.165) is 11.1 Å². The summed E-state index contributed by atoms with van der Waals surface area (Å²) in [6.07, 6.45) is 0. The minimum absolute atomic E-state index is 0.0533. The van der Waals surface area contributed by atoms with Crippen molar-refractivity contribution in [1.29, 1.82) is 5.26 Å². The number of hydrogen-bond donors (Lipinski definition) is 1. The first-order valence-corrected chi connectivity index (χ1v) is 13.7. The van der Waals surface area contributed by atoms with E-state index in [2.05, 4.69) is 6.07 Å². The molecule has 0 bridgehead atoms. The summed E-state index contributed by atoms with van der Waals surface area (Å²) in [4.78, 5) is 12.8. The molecule has 1 unspecified atom stereocenters. The molecule has 2 N–H and O–H groups in total. The Morgan fingerprint density at radius 1 is 0.907 bits per heavy atom. The monoisotopic (exact) mass is 580 g/mol. The van der Waals surface area contributed by atoms with Crippen LogP contribution in [0.4, 0.5) is 4.39 Å². The average Bonchev–Trinajstić information content (AvgIpc) is 3.01. The number of halogens is 1. The largest absolute Gasteiger partial charge is 0.494 e. The molecule has 0 aliphatic carbocycles. The maximum atomic E-state index is 13.3. The highest BCUT2D eigenvalue weighted by Gasteiger charge is 2.32. The van der Waals surface area contributed by atoms with Crippen LogP contribution in [0.2, 0.25) is 0 Å². The molecule has 0 saturated carbocycles. The van der Waals surface area contributed by atoms with Crippen LogP contribution in [0.25, 0.3) is 0 Å². The van der Waals surface area contributed by atoms with Gasteiger partial charge in [0.2, 0.25) is 5.88 Å². The number of allylic oxidation sites excluding steroid dienone is 1. The molecule has 0 aromatic heterocycles. The number of ether oxygens (including phenoxy) is 5. The lowest BCUT2D eigenvalue weighted by Crippen LogP contribution is -2.21. The Balaban J connectivity index is 1.42. The third kappa shape index (κ3) is 6.54. The van der Waals surface area contributed by atoms with Crippen LogP contribution in [0.1, 0.15) is 46.8 Å². The van der Waals surface area contributed by atoms with Gasteiger partial charge in [-0.15, -0.1) is 0 Å². The van der Waals surface area contributed by atoms with Crippen LogP contribution < -0.4 is 29.4 Å². The van der Waals surface area contributed by atoms with Gasteiger partial charge in [0, 0.05) is 11.6 Å². The zero-order valence-electron chi connectivity index (χ0n) is 23.6. The summed E-state index contributed by atoms with van der Waals surface area (Å²) in [5, 5.41) is 10.0. The van der Waals surface area contributed by atoms with E-state index in [0.29, 0.717) is 47.3 Å². The lowest BCUT2D eigenvalue weighted by atomic mass is 9.83. The molecule has 1 aliphatic heterocycles. The Kier molecular flexibility index (Phi) is 8.77. The fourth-order valence-electron chi connectivity index (χ4n) is 4.72. The van der Waals surface area contributed by atoms with Gasteiger partial charge in [0.05, 0.1) is 24.7 Å². The molecule has 0 amide bonds. The number of benzene rings is 4. The van der Waals surface area contributed by atoms with E-state index < -0.39 is 11.9 Å². The standard InChI is InChI=1S/C34H29FN2O6/c1-3-39-25-7-5-6-23(16-25)34(38)42-26-13-14-27-30(18-26)43-33(37)28(19-36)32(27)22-10-15-29(31(17-22)40-4-2)41-20-21-8-11-24(35)12-9-21/h5-18,32H,3-4,20,37H2,1-2H3. The SMILES string of the molecule is CCOc1cccc(C(=O)Oc2ccc3c(c2)OC(N)=C(C#N)C3c2ccc(OCc3ccc(F)cc3)c(OCC)c2)c1. The first kappa shape index (κ1) is 29.0. The van der Waals surface area contributed by atoms with Crippen LogP contribution >= 0.6 is 0 Å². The minimum atomic E-state index is -0.577. The summed E-state index contributed by atoms with van der Waals surface area (Å²) in [7, 11) is 0. The second-order valence-corrected chi connectivity index (χ2v) is 9.53. The lowest BCUT2D eigenvalue weighted by molar-refractivity contribution is 0.0734. The first-order valence-electron chi connectivity index (χ1n) is 13.7. The van der Waals surface area contributed by atoms with Crippen molar-refractivity contribution in [1.82, 2.24) is 0 Å². The highest BCUT2D eigenvalue weighted by atomic mass is 19.1. The Hall–Kier alpha value is -5.49. The first-order chi connectivity index (χ1) is 20.9. The zero-order valence-corrected chi connectivity index (χ0v) is 23.6. The maximum Gasteiger partial charge on any atom is 0.343 e. The van der Waals surface area contributed by atoms with Crippen molar-refractivity contribution >= 4 is 5.97 Å². The molecular formula is C34H29FN2O6. The molecule has 4 aromatic rings. The number of nitriles is 1. The van der Waals surface area contributed by atoms with Crippen molar-refractivity contribution in [3.63, 3.8) is 0 Å². The molecular weight excluding hydrogens is 551 g/mol. The van der Waals surface area contributed by atoms with Crippen LogP contribution in [-0.4, -0.2) is 19.2 Å². The topological polar surface area (TPSA) is 113 Å². The smallest absolute Gasteiger partial charge is 0.343 e. The van der Waals surface area contributed by atoms with Crippen LogP contribution in [0, 0.1) is 17.1 Å². The number of nitrogens with zero attached hydrogens (tertiary/aromatic N) is 1. The zero-order chi connectivity index (χ0) is 30.3. The van der Waals surface area contributed by atoms with E-state index in [1.165, 1.54) is 12.1 Å². The highest BCUT2D eigenvalue weighted by Crippen LogP contribution is 2.45. The number of esters is 1. The minimum Gasteiger partial charge on any atom is -0.494 e. The Morgan fingerprint density at radius 3 is 2.44 bits per heavy atom. The van der Waals surface area contributed by atoms with Crippen LogP contribution in [-0.2, 0) is 6.61 Å². The summed E-state index contributed by atoms with van der Waals surface area (Å²) in [5.41, 5.74) is 8.94. The molecule has 0 saturated heterocycles. The molecule has 218 valence electrons. The third-order valence-corrected chi connectivity index (χ3v) is 6.69. The van der Waals surface area contributed by atoms with Gasteiger partial charge < -0.3 is 29.4 Å². The second kappa shape index (κ2) is 13.0. The second-order valence-electron chi connectivity index (χ2n) is 9.53. The van der Waals surface area contributed by atoms with Crippen molar-refractivity contribution < 1.29 is 32.9 Å². The van der Waals surface area contributed by atoms with Gasteiger partial charge in [-0.3, -0.25) is 0 Å². The fourth-order valence-corrected chi connectivity index (χ4v) is 4.72. The van der Waals surface area contributed by atoms with Crippen LogP contribution in [0.5, 0.6) is 28.7 Å². The van der Waals surface area contributed by atoms with Crippen LogP contribution in [0.3, 0.4) is 0 Å². The summed E-state index contributed by atoms with van der Waals surface area (Å²) in [6, 6.07) is 25.3. The Labute approximate surface area is 248 Å². The molecule has 9 heteroatoms. The van der Waals surface area contributed by atoms with Crippen molar-refractivity contribution in [3.05, 3.63) is 124 Å². The number of carbonyl (C=O) groups is 1. The van der Waals surface area contributed by atoms with E-state index >= 15 is 0 Å². The number of carbonyl (C=O) groups excluding carboxylic acids is 1. The van der Waals surface area contributed by atoms with E-state index in [4.69, 9.17) is 29.4 Å². The van der Waals surface area contributed by atoms with Crippen LogP contribution in [0.15, 0.2) is 96.4 Å². The molecule has 8 nitrogen and oxygen atoms in total. The summed E-state index contributed by atoms with van der Waals surface area (Å²) >= 11 is 0. The predicted octanol–water partition coefficient (Wildman–Crippen LogP) is 6.64. The van der Waals surface area contributed by atoms with Gasteiger partial charge >= 0.3 is 5.97 Å². The van der Waals surface area contributed by atoms with Gasteiger partial charge in [-0.2, -0.15) is 5.26 Å². The maximum absolute atomic E-state index is 13.3. The highest BCUT2D eigenvalue weighted by molar-refractivity contribution is 5.91.